The molecule has 1 fully saturated rings. The molecule has 2 heterocycles. The highest BCUT2D eigenvalue weighted by atomic mass is 32.1. The van der Waals surface area contributed by atoms with Crippen LogP contribution in [-0.4, -0.2) is 53.5 Å². The fourth-order valence-corrected chi connectivity index (χ4v) is 3.15. The van der Waals surface area contributed by atoms with Crippen LogP contribution in [0.1, 0.15) is 31.5 Å². The number of thiazole rings is 1. The summed E-state index contributed by atoms with van der Waals surface area (Å²) < 4.78 is 0. The van der Waals surface area contributed by atoms with Gasteiger partial charge in [0, 0.05) is 50.2 Å². The van der Waals surface area contributed by atoms with Gasteiger partial charge in [-0.15, -0.1) is 11.3 Å². The van der Waals surface area contributed by atoms with E-state index in [1.54, 1.807) is 11.3 Å². The lowest BCUT2D eigenvalue weighted by Gasteiger charge is -2.37. The Hall–Kier alpha value is -0.490. The summed E-state index contributed by atoms with van der Waals surface area (Å²) in [6.45, 7) is 12.0. The Bertz CT molecular complexity index is 391. The molecule has 5 heteroatoms. The van der Waals surface area contributed by atoms with Gasteiger partial charge in [0.25, 0.3) is 0 Å². The number of hydrogen-bond acceptors (Lipinski definition) is 5. The third-order valence-corrected chi connectivity index (χ3v) is 4.49. The van der Waals surface area contributed by atoms with E-state index in [0.29, 0.717) is 12.1 Å². The maximum Gasteiger partial charge on any atom is 0.107 e. The molecule has 0 radical (unpaired) electrons. The number of rotatable bonds is 5. The molecule has 2 rings (SSSR count). The molecule has 19 heavy (non-hydrogen) atoms. The molecular formula is C14H26N4S. The highest BCUT2D eigenvalue weighted by Crippen LogP contribution is 2.15. The summed E-state index contributed by atoms with van der Waals surface area (Å²) in [4.78, 5) is 9.67. The van der Waals surface area contributed by atoms with Gasteiger partial charge in [-0.2, -0.15) is 0 Å². The molecule has 1 aliphatic rings. The van der Waals surface area contributed by atoms with Gasteiger partial charge in [-0.3, -0.25) is 4.90 Å². The summed E-state index contributed by atoms with van der Waals surface area (Å²) in [6, 6.07) is 1.14. The van der Waals surface area contributed by atoms with Crippen LogP contribution in [-0.2, 0) is 13.1 Å². The second-order valence-corrected chi connectivity index (χ2v) is 6.79. The standard InChI is InChI=1S/C14H26N4S/c1-11(2)15-7-14-16-13(10-19-14)9-18-6-5-17(4)8-12(18)3/h10-12,15H,5-9H2,1-4H3. The van der Waals surface area contributed by atoms with E-state index in [9.17, 15) is 0 Å². The minimum atomic E-state index is 0.519. The van der Waals surface area contributed by atoms with Crippen LogP contribution < -0.4 is 5.32 Å². The van der Waals surface area contributed by atoms with Crippen molar-refractivity contribution in [2.45, 2.75) is 45.9 Å². The van der Waals surface area contributed by atoms with Crippen molar-refractivity contribution < 1.29 is 0 Å². The molecule has 1 N–H and O–H groups in total. The van der Waals surface area contributed by atoms with E-state index in [-0.39, 0.29) is 0 Å². The molecule has 1 unspecified atom stereocenters. The van der Waals surface area contributed by atoms with Gasteiger partial charge in [0.1, 0.15) is 5.01 Å². The minimum absolute atomic E-state index is 0.519. The van der Waals surface area contributed by atoms with Crippen molar-refractivity contribution in [1.29, 1.82) is 0 Å². The molecule has 1 aromatic heterocycles. The van der Waals surface area contributed by atoms with Crippen molar-refractivity contribution in [1.82, 2.24) is 20.1 Å². The lowest BCUT2D eigenvalue weighted by Crippen LogP contribution is -2.49. The van der Waals surface area contributed by atoms with E-state index in [1.807, 2.05) is 0 Å². The fraction of sp³-hybridized carbons (Fsp3) is 0.786. The normalized spacial score (nSPS) is 22.3. The maximum atomic E-state index is 4.73. The van der Waals surface area contributed by atoms with Gasteiger partial charge in [-0.1, -0.05) is 13.8 Å². The summed E-state index contributed by atoms with van der Waals surface area (Å²) in [7, 11) is 2.20. The summed E-state index contributed by atoms with van der Waals surface area (Å²) in [5.41, 5.74) is 1.22. The van der Waals surface area contributed by atoms with E-state index in [1.165, 1.54) is 10.7 Å². The predicted molar refractivity (Wildman–Crippen MR) is 81.5 cm³/mol. The molecule has 0 bridgehead atoms. The maximum absolute atomic E-state index is 4.73. The Labute approximate surface area is 120 Å². The lowest BCUT2D eigenvalue weighted by molar-refractivity contribution is 0.0928. The number of nitrogens with zero attached hydrogens (tertiary/aromatic N) is 3. The van der Waals surface area contributed by atoms with Crippen LogP contribution in [0.3, 0.4) is 0 Å². The quantitative estimate of drug-likeness (QED) is 0.892. The first-order valence-corrected chi connectivity index (χ1v) is 8.02. The molecule has 1 aliphatic heterocycles. The Kier molecular flexibility index (Phi) is 5.33. The van der Waals surface area contributed by atoms with E-state index in [0.717, 1.165) is 32.7 Å². The summed E-state index contributed by atoms with van der Waals surface area (Å²) in [5, 5.41) is 6.83. The van der Waals surface area contributed by atoms with Gasteiger partial charge in [0.2, 0.25) is 0 Å². The molecule has 0 saturated carbocycles. The van der Waals surface area contributed by atoms with Gasteiger partial charge in [0.05, 0.1) is 5.69 Å². The van der Waals surface area contributed by atoms with Crippen molar-refractivity contribution in [3.63, 3.8) is 0 Å². The zero-order valence-corrected chi connectivity index (χ0v) is 13.3. The Balaban J connectivity index is 1.85. The van der Waals surface area contributed by atoms with Crippen LogP contribution >= 0.6 is 11.3 Å². The van der Waals surface area contributed by atoms with Crippen molar-refractivity contribution in [3.05, 3.63) is 16.1 Å². The third kappa shape index (κ3) is 4.53. The number of likely N-dealkylation sites (N-methyl/N-ethyl adjacent to an activating group) is 1. The number of nitrogens with one attached hydrogen (secondary N) is 1. The number of piperazine rings is 1. The van der Waals surface area contributed by atoms with Gasteiger partial charge in [0.15, 0.2) is 0 Å². The molecule has 0 amide bonds. The molecule has 0 spiro atoms. The Morgan fingerprint density at radius 1 is 1.47 bits per heavy atom. The fourth-order valence-electron chi connectivity index (χ4n) is 2.41. The topological polar surface area (TPSA) is 31.4 Å². The van der Waals surface area contributed by atoms with E-state index in [2.05, 4.69) is 48.3 Å². The van der Waals surface area contributed by atoms with Crippen LogP contribution in [0.4, 0.5) is 0 Å². The van der Waals surface area contributed by atoms with Gasteiger partial charge < -0.3 is 10.2 Å². The number of hydrogen-bond donors (Lipinski definition) is 1. The predicted octanol–water partition coefficient (Wildman–Crippen LogP) is 1.78. The lowest BCUT2D eigenvalue weighted by atomic mass is 10.2. The van der Waals surface area contributed by atoms with Crippen molar-refractivity contribution in [2.75, 3.05) is 26.7 Å². The Morgan fingerprint density at radius 2 is 2.26 bits per heavy atom. The van der Waals surface area contributed by atoms with Crippen LogP contribution in [0.15, 0.2) is 5.38 Å². The van der Waals surface area contributed by atoms with Gasteiger partial charge in [-0.25, -0.2) is 4.98 Å². The molecule has 0 aromatic carbocycles. The van der Waals surface area contributed by atoms with E-state index < -0.39 is 0 Å². The molecule has 1 aromatic rings. The first-order valence-electron chi connectivity index (χ1n) is 7.14. The van der Waals surface area contributed by atoms with Crippen LogP contribution in [0, 0.1) is 0 Å². The molecule has 1 saturated heterocycles. The second kappa shape index (κ2) is 6.79. The highest BCUT2D eigenvalue weighted by Gasteiger charge is 2.21. The minimum Gasteiger partial charge on any atom is -0.308 e. The molecule has 108 valence electrons. The summed E-state index contributed by atoms with van der Waals surface area (Å²) in [5.74, 6) is 0. The van der Waals surface area contributed by atoms with Crippen molar-refractivity contribution in [2.24, 2.45) is 0 Å². The average molecular weight is 282 g/mol. The molecule has 4 nitrogen and oxygen atoms in total. The smallest absolute Gasteiger partial charge is 0.107 e. The van der Waals surface area contributed by atoms with Gasteiger partial charge >= 0.3 is 0 Å². The molecular weight excluding hydrogens is 256 g/mol. The molecule has 0 aliphatic carbocycles. The van der Waals surface area contributed by atoms with Gasteiger partial charge in [-0.05, 0) is 14.0 Å². The summed E-state index contributed by atoms with van der Waals surface area (Å²) >= 11 is 1.77. The Morgan fingerprint density at radius 3 is 2.95 bits per heavy atom. The highest BCUT2D eigenvalue weighted by molar-refractivity contribution is 7.09. The first-order chi connectivity index (χ1) is 9.04. The third-order valence-electron chi connectivity index (χ3n) is 3.59. The summed E-state index contributed by atoms with van der Waals surface area (Å²) in [6.07, 6.45) is 0. The van der Waals surface area contributed by atoms with Crippen molar-refractivity contribution in [3.8, 4) is 0 Å². The monoisotopic (exact) mass is 282 g/mol. The molecule has 1 atom stereocenters. The van der Waals surface area contributed by atoms with E-state index >= 15 is 0 Å². The van der Waals surface area contributed by atoms with Crippen LogP contribution in [0.5, 0.6) is 0 Å². The van der Waals surface area contributed by atoms with Crippen LogP contribution in [0.25, 0.3) is 0 Å². The SMILES string of the molecule is CC(C)NCc1nc(CN2CCN(C)CC2C)cs1. The van der Waals surface area contributed by atoms with Crippen molar-refractivity contribution >= 4 is 11.3 Å². The second-order valence-electron chi connectivity index (χ2n) is 5.85. The average Bonchev–Trinajstić information content (AvgIpc) is 2.78. The largest absolute Gasteiger partial charge is 0.308 e. The zero-order chi connectivity index (χ0) is 13.8. The first kappa shape index (κ1) is 14.9. The van der Waals surface area contributed by atoms with Crippen LogP contribution in [0.2, 0.25) is 0 Å². The number of aromatic nitrogens is 1. The zero-order valence-electron chi connectivity index (χ0n) is 12.5. The van der Waals surface area contributed by atoms with E-state index in [4.69, 9.17) is 4.98 Å².